The molecule has 80 heavy (non-hydrogen) atoms. The van der Waals surface area contributed by atoms with Gasteiger partial charge in [-0.05, 0) is 73.8 Å². The second-order valence-electron chi connectivity index (χ2n) is 28.0. The van der Waals surface area contributed by atoms with Crippen LogP contribution in [0.3, 0.4) is 0 Å². The Labute approximate surface area is 469 Å². The molecule has 0 aliphatic carbocycles. The van der Waals surface area contributed by atoms with Crippen molar-refractivity contribution in [2.75, 3.05) is 13.2 Å². The standard InChI is InChI=1S/C61H88O19/c1-27-13-33-7-9-39-28(2)14-35(67-39)11-12-59(65)22-36-15-44-57(70-36)58(79-59)56-40(71-44)10-8-34(69-56)16-50(64)74-54-32(6)53-46(72-45(54)17-41(68-33)31(27)5)18-42-48(73-53)23-61(76-42)24-49-52(80-61)30(4)21-60(78-49)20-29(3)51-47(77-60)19-43-55(75-51)37(26-66-43)38(63)25-62/h27,29-30,32-49,51-58,62-63,65H,2,5,7-26H2,1,3-4,6H3/t27-,29+,30+,32+,33+,34-,35+,36+,37-,38+,39+,40+,41-,42-,43-,44+,45+,46+,47+,48-,49+,51+,52+,53+,54-,55-,56+,57-,58+,59+,60-,61+/m1/s1. The van der Waals surface area contributed by atoms with Gasteiger partial charge in [-0.3, -0.25) is 4.79 Å². The minimum atomic E-state index is -1.43. The minimum Gasteiger partial charge on any atom is -0.459 e. The van der Waals surface area contributed by atoms with Gasteiger partial charge in [0, 0.05) is 76.0 Å². The Morgan fingerprint density at radius 1 is 0.525 bits per heavy atom. The monoisotopic (exact) mass is 1120 g/mol. The van der Waals surface area contributed by atoms with Crippen molar-refractivity contribution in [2.45, 2.75) is 307 Å². The van der Waals surface area contributed by atoms with E-state index in [1.165, 1.54) is 0 Å². The number of fused-ring (bicyclic) bond motifs is 13. The minimum absolute atomic E-state index is 0.0340. The molecule has 446 valence electrons. The largest absolute Gasteiger partial charge is 0.459 e. The lowest BCUT2D eigenvalue weighted by Gasteiger charge is -2.54. The molecule has 32 atom stereocenters. The van der Waals surface area contributed by atoms with E-state index in [-0.39, 0.29) is 158 Å². The van der Waals surface area contributed by atoms with Crippen molar-refractivity contribution in [3.63, 3.8) is 0 Å². The van der Waals surface area contributed by atoms with Gasteiger partial charge < -0.3 is 86.4 Å². The summed E-state index contributed by atoms with van der Waals surface area (Å²) in [4.78, 5) is 14.6. The molecule has 15 saturated heterocycles. The van der Waals surface area contributed by atoms with Crippen molar-refractivity contribution in [3.8, 4) is 0 Å². The zero-order valence-electron chi connectivity index (χ0n) is 47.2. The number of esters is 1. The van der Waals surface area contributed by atoms with E-state index in [9.17, 15) is 20.1 Å². The summed E-state index contributed by atoms with van der Waals surface area (Å²) in [6.07, 6.45) is 2.82. The summed E-state index contributed by atoms with van der Waals surface area (Å²) in [6.45, 7) is 17.8. The third-order valence-electron chi connectivity index (χ3n) is 22.3. The lowest BCUT2D eigenvalue weighted by molar-refractivity contribution is -0.370. The summed E-state index contributed by atoms with van der Waals surface area (Å²) in [7, 11) is 0. The molecule has 15 heterocycles. The predicted molar refractivity (Wildman–Crippen MR) is 278 cm³/mol. The molecule has 0 aromatic carbocycles. The van der Waals surface area contributed by atoms with E-state index < -0.39 is 54.0 Å². The fourth-order valence-corrected chi connectivity index (χ4v) is 18.4. The molecule has 15 aliphatic heterocycles. The first-order valence-electron chi connectivity index (χ1n) is 31.3. The average molecular weight is 1130 g/mol. The quantitative estimate of drug-likeness (QED) is 0.240. The van der Waals surface area contributed by atoms with Crippen molar-refractivity contribution in [3.05, 3.63) is 24.3 Å². The van der Waals surface area contributed by atoms with Gasteiger partial charge in [0.25, 0.3) is 0 Å². The van der Waals surface area contributed by atoms with Crippen molar-refractivity contribution in [1.29, 1.82) is 0 Å². The lowest BCUT2D eigenvalue weighted by Crippen LogP contribution is -2.62. The number of rotatable bonds is 2. The molecule has 15 fully saturated rings. The van der Waals surface area contributed by atoms with Crippen LogP contribution in [0.25, 0.3) is 0 Å². The normalized spacial score (nSPS) is 57.6. The summed E-state index contributed by atoms with van der Waals surface area (Å²) in [5.74, 6) is -3.61. The third kappa shape index (κ3) is 9.68. The molecule has 0 unspecified atom stereocenters. The highest BCUT2D eigenvalue weighted by Gasteiger charge is 2.66. The summed E-state index contributed by atoms with van der Waals surface area (Å²) in [5.41, 5.74) is 2.09. The van der Waals surface area contributed by atoms with Crippen molar-refractivity contribution in [2.24, 2.45) is 29.6 Å². The Morgan fingerprint density at radius 2 is 1.21 bits per heavy atom. The van der Waals surface area contributed by atoms with Crippen LogP contribution in [0.4, 0.5) is 0 Å². The SMILES string of the molecule is C=C1C[C@@H]2CC[C@@]3(O)C[C@@H]4C[C@@H]5O[C@H]6CC[C@H](CC(=O)O[C@@H]7[C@@H](C)[C@@H]8O[C@@H]9C[C@]%10(C[C@@H]%11O[C@]%12(C[C@H](C)[C@@H]%13O[C@@H]%14[C@@H]([C@@H](O)CO)CO[C@@H]%14C[C@@H]%13O%12)C[C@H](C)[C@@H]%11O%10)O[C@@H]9C[C@@H]8O[C@H]7C[C@H]7O[C@@H](CC[C@@H]1O2)C[C@@H](C)C7=C)O[C@@H]6[C@H](O3)[C@@H]5O4. The molecule has 0 radical (unpaired) electrons. The second kappa shape index (κ2) is 20.7. The Morgan fingerprint density at radius 3 is 2.06 bits per heavy atom. The van der Waals surface area contributed by atoms with Crippen LogP contribution in [0.2, 0.25) is 0 Å². The van der Waals surface area contributed by atoms with Crippen LogP contribution < -0.4 is 0 Å². The maximum atomic E-state index is 14.6. The molecular weight excluding hydrogens is 1040 g/mol. The fraction of sp³-hybridized carbons (Fsp3) is 0.918. The average Bonchev–Trinajstić information content (AvgIpc) is 3.96. The van der Waals surface area contributed by atoms with Crippen LogP contribution in [0, 0.1) is 29.6 Å². The molecule has 15 rings (SSSR count). The lowest BCUT2D eigenvalue weighted by atomic mass is 9.77. The van der Waals surface area contributed by atoms with Crippen molar-refractivity contribution < 1.29 is 91.2 Å². The van der Waals surface area contributed by atoms with Gasteiger partial charge >= 0.3 is 5.97 Å². The Hall–Kier alpha value is -1.73. The van der Waals surface area contributed by atoms with E-state index >= 15 is 0 Å². The van der Waals surface area contributed by atoms with Crippen LogP contribution in [0.15, 0.2) is 24.3 Å². The maximum absolute atomic E-state index is 14.6. The second-order valence-corrected chi connectivity index (χ2v) is 28.0. The molecule has 10 bridgehead atoms. The van der Waals surface area contributed by atoms with Gasteiger partial charge in [-0.1, -0.05) is 40.9 Å². The molecule has 0 aromatic rings. The van der Waals surface area contributed by atoms with Gasteiger partial charge in [0.1, 0.15) is 24.4 Å². The zero-order valence-corrected chi connectivity index (χ0v) is 47.2. The molecular formula is C61H88O19. The van der Waals surface area contributed by atoms with Gasteiger partial charge in [0.2, 0.25) is 0 Å². The highest BCUT2D eigenvalue weighted by atomic mass is 16.8. The predicted octanol–water partition coefficient (Wildman–Crippen LogP) is 5.17. The topological polar surface area (TPSA) is 216 Å². The van der Waals surface area contributed by atoms with Crippen LogP contribution >= 0.6 is 0 Å². The highest BCUT2D eigenvalue weighted by Crippen LogP contribution is 2.57. The number of hydrogen-bond acceptors (Lipinski definition) is 19. The van der Waals surface area contributed by atoms with E-state index in [1.54, 1.807) is 0 Å². The Bertz CT molecular complexity index is 2360. The molecule has 15 aliphatic rings. The number of carbonyl (C=O) groups excluding carboxylic acids is 1. The fourth-order valence-electron chi connectivity index (χ4n) is 18.4. The maximum Gasteiger partial charge on any atom is 0.308 e. The zero-order chi connectivity index (χ0) is 54.7. The Balaban J connectivity index is 0.654. The van der Waals surface area contributed by atoms with E-state index in [2.05, 4.69) is 40.9 Å². The summed E-state index contributed by atoms with van der Waals surface area (Å²) >= 11 is 0. The van der Waals surface area contributed by atoms with E-state index in [4.69, 9.17) is 71.1 Å². The first-order valence-corrected chi connectivity index (χ1v) is 31.3. The van der Waals surface area contributed by atoms with E-state index in [0.717, 1.165) is 36.8 Å². The smallest absolute Gasteiger partial charge is 0.308 e. The van der Waals surface area contributed by atoms with E-state index in [1.807, 2.05) is 0 Å². The van der Waals surface area contributed by atoms with Crippen molar-refractivity contribution in [1.82, 2.24) is 0 Å². The van der Waals surface area contributed by atoms with Crippen LogP contribution in [-0.4, -0.2) is 198 Å². The number of aliphatic hydroxyl groups excluding tert-OH is 2. The van der Waals surface area contributed by atoms with Crippen LogP contribution in [-0.2, 0) is 75.8 Å². The molecule has 0 saturated carbocycles. The molecule has 3 N–H and O–H groups in total. The summed E-state index contributed by atoms with van der Waals surface area (Å²) in [6, 6.07) is 0. The molecule has 0 amide bonds. The first-order chi connectivity index (χ1) is 38.5. The van der Waals surface area contributed by atoms with Gasteiger partial charge in [-0.15, -0.1) is 0 Å². The molecule has 19 nitrogen and oxygen atoms in total. The van der Waals surface area contributed by atoms with Gasteiger partial charge in [-0.25, -0.2) is 0 Å². The van der Waals surface area contributed by atoms with Crippen LogP contribution in [0.5, 0.6) is 0 Å². The third-order valence-corrected chi connectivity index (χ3v) is 22.3. The highest BCUT2D eigenvalue weighted by molar-refractivity contribution is 5.70. The van der Waals surface area contributed by atoms with Gasteiger partial charge in [0.15, 0.2) is 17.4 Å². The Kier molecular flexibility index (Phi) is 14.2. The first kappa shape index (κ1) is 54.9. The number of carbonyl (C=O) groups is 1. The number of ether oxygens (including phenoxy) is 15. The van der Waals surface area contributed by atoms with Gasteiger partial charge in [0.05, 0.1) is 142 Å². The summed E-state index contributed by atoms with van der Waals surface area (Å²) in [5, 5.41) is 32.5. The number of aliphatic hydroxyl groups is 3. The molecule has 0 aromatic heterocycles. The van der Waals surface area contributed by atoms with Gasteiger partial charge in [-0.2, -0.15) is 0 Å². The van der Waals surface area contributed by atoms with E-state index in [0.29, 0.717) is 90.1 Å². The summed E-state index contributed by atoms with van der Waals surface area (Å²) < 4.78 is 103. The number of hydrogen-bond donors (Lipinski definition) is 3. The van der Waals surface area contributed by atoms with Crippen LogP contribution in [0.1, 0.15) is 143 Å². The molecule has 2 spiro atoms. The molecule has 19 heteroatoms. The van der Waals surface area contributed by atoms with Crippen molar-refractivity contribution >= 4 is 5.97 Å².